The SMILES string of the molecule is C\C=C(CC(=O)OC)/C(Br)=C\C(C)=C\OCC. The highest BCUT2D eigenvalue weighted by Crippen LogP contribution is 2.22. The molecule has 17 heavy (non-hydrogen) atoms. The van der Waals surface area contributed by atoms with Crippen LogP contribution >= 0.6 is 15.9 Å². The molecule has 4 heteroatoms. The third-order valence-corrected chi connectivity index (χ3v) is 2.75. The summed E-state index contributed by atoms with van der Waals surface area (Å²) in [4.78, 5) is 11.2. The summed E-state index contributed by atoms with van der Waals surface area (Å²) in [6.07, 6.45) is 5.73. The van der Waals surface area contributed by atoms with Gasteiger partial charge in [0.1, 0.15) is 0 Å². The van der Waals surface area contributed by atoms with E-state index in [4.69, 9.17) is 4.74 Å². The van der Waals surface area contributed by atoms with Crippen LogP contribution in [0.2, 0.25) is 0 Å². The average Bonchev–Trinajstić information content (AvgIpc) is 2.32. The van der Waals surface area contributed by atoms with Crippen LogP contribution in [0.1, 0.15) is 27.2 Å². The van der Waals surface area contributed by atoms with Gasteiger partial charge >= 0.3 is 5.97 Å². The largest absolute Gasteiger partial charge is 0.501 e. The predicted octanol–water partition coefficient (Wildman–Crippen LogP) is 3.71. The summed E-state index contributed by atoms with van der Waals surface area (Å²) in [6.45, 7) is 6.38. The molecule has 0 aromatic carbocycles. The standard InChI is InChI=1S/C13H19BrO3/c1-5-11(8-13(15)16-4)12(14)7-10(3)9-17-6-2/h5,7,9H,6,8H2,1-4H3/b10-9+,11-5-,12-7+. The average molecular weight is 303 g/mol. The van der Waals surface area contributed by atoms with Gasteiger partial charge in [0.25, 0.3) is 0 Å². The molecule has 0 bridgehead atoms. The van der Waals surface area contributed by atoms with Crippen LogP contribution in [0.5, 0.6) is 0 Å². The first-order valence-corrected chi connectivity index (χ1v) is 6.22. The zero-order chi connectivity index (χ0) is 13.3. The third kappa shape index (κ3) is 7.00. The van der Waals surface area contributed by atoms with Crippen molar-refractivity contribution < 1.29 is 14.3 Å². The molecule has 0 aromatic heterocycles. The van der Waals surface area contributed by atoms with Crippen LogP contribution < -0.4 is 0 Å². The number of methoxy groups -OCH3 is 1. The monoisotopic (exact) mass is 302 g/mol. The number of halogens is 1. The van der Waals surface area contributed by atoms with Crippen molar-refractivity contribution in [3.8, 4) is 0 Å². The Balaban J connectivity index is 4.70. The van der Waals surface area contributed by atoms with Crippen LogP contribution in [0.3, 0.4) is 0 Å². The second-order valence-corrected chi connectivity index (χ2v) is 4.23. The Bertz CT molecular complexity index is 341. The summed E-state index contributed by atoms with van der Waals surface area (Å²) in [5, 5.41) is 0. The van der Waals surface area contributed by atoms with Gasteiger partial charge < -0.3 is 9.47 Å². The molecule has 0 atom stereocenters. The molecule has 0 saturated heterocycles. The van der Waals surface area contributed by atoms with Gasteiger partial charge in [0.2, 0.25) is 0 Å². The lowest BCUT2D eigenvalue weighted by atomic mass is 10.1. The lowest BCUT2D eigenvalue weighted by Crippen LogP contribution is -2.02. The van der Waals surface area contributed by atoms with Crippen LogP contribution in [0, 0.1) is 0 Å². The highest BCUT2D eigenvalue weighted by atomic mass is 79.9. The van der Waals surface area contributed by atoms with E-state index in [1.54, 1.807) is 6.26 Å². The summed E-state index contributed by atoms with van der Waals surface area (Å²) in [6, 6.07) is 0. The zero-order valence-electron chi connectivity index (χ0n) is 10.7. The topological polar surface area (TPSA) is 35.5 Å². The Morgan fingerprint density at radius 3 is 2.53 bits per heavy atom. The minimum Gasteiger partial charge on any atom is -0.501 e. The second kappa shape index (κ2) is 9.05. The van der Waals surface area contributed by atoms with E-state index >= 15 is 0 Å². The van der Waals surface area contributed by atoms with Gasteiger partial charge in [-0.15, -0.1) is 0 Å². The molecule has 0 aliphatic heterocycles. The van der Waals surface area contributed by atoms with Crippen molar-refractivity contribution in [2.45, 2.75) is 27.2 Å². The normalized spacial score (nSPS) is 13.6. The molecule has 0 saturated carbocycles. The first-order chi connectivity index (χ1) is 8.04. The fraction of sp³-hybridized carbons (Fsp3) is 0.462. The first-order valence-electron chi connectivity index (χ1n) is 5.43. The van der Waals surface area contributed by atoms with Crippen LogP contribution in [0.4, 0.5) is 0 Å². The summed E-state index contributed by atoms with van der Waals surface area (Å²) in [5.74, 6) is -0.255. The van der Waals surface area contributed by atoms with Crippen molar-refractivity contribution in [3.05, 3.63) is 34.0 Å². The third-order valence-electron chi connectivity index (χ3n) is 2.01. The van der Waals surface area contributed by atoms with Crippen LogP contribution in [0.25, 0.3) is 0 Å². The van der Waals surface area contributed by atoms with E-state index in [0.29, 0.717) is 6.61 Å². The van der Waals surface area contributed by atoms with Gasteiger partial charge in [-0.25, -0.2) is 0 Å². The quantitative estimate of drug-likeness (QED) is 0.426. The molecule has 0 heterocycles. The Hall–Kier alpha value is -1.03. The van der Waals surface area contributed by atoms with Crippen LogP contribution in [0.15, 0.2) is 34.0 Å². The molecular weight excluding hydrogens is 284 g/mol. The first kappa shape index (κ1) is 16.0. The number of ether oxygens (including phenoxy) is 2. The molecule has 0 unspecified atom stereocenters. The molecular formula is C13H19BrO3. The van der Waals surface area contributed by atoms with E-state index in [-0.39, 0.29) is 12.4 Å². The smallest absolute Gasteiger partial charge is 0.310 e. The van der Waals surface area contributed by atoms with Gasteiger partial charge in [-0.2, -0.15) is 0 Å². The van der Waals surface area contributed by atoms with Crippen molar-refractivity contribution in [2.75, 3.05) is 13.7 Å². The molecule has 0 aliphatic rings. The Kier molecular flexibility index (Phi) is 8.50. The molecule has 0 aromatic rings. The molecule has 0 fully saturated rings. The van der Waals surface area contributed by atoms with Crippen molar-refractivity contribution in [2.24, 2.45) is 0 Å². The van der Waals surface area contributed by atoms with Gasteiger partial charge in [-0.3, -0.25) is 4.79 Å². The van der Waals surface area contributed by atoms with Crippen molar-refractivity contribution in [3.63, 3.8) is 0 Å². The summed E-state index contributed by atoms with van der Waals surface area (Å²) in [5.41, 5.74) is 1.86. The highest BCUT2D eigenvalue weighted by Gasteiger charge is 2.07. The number of hydrogen-bond acceptors (Lipinski definition) is 3. The van der Waals surface area contributed by atoms with Gasteiger partial charge in [0, 0.05) is 4.48 Å². The highest BCUT2D eigenvalue weighted by molar-refractivity contribution is 9.12. The van der Waals surface area contributed by atoms with E-state index < -0.39 is 0 Å². The lowest BCUT2D eigenvalue weighted by Gasteiger charge is -2.05. The van der Waals surface area contributed by atoms with Gasteiger partial charge in [-0.05, 0) is 38.0 Å². The molecule has 0 spiro atoms. The van der Waals surface area contributed by atoms with Crippen molar-refractivity contribution in [1.29, 1.82) is 0 Å². The number of hydrogen-bond donors (Lipinski definition) is 0. The van der Waals surface area contributed by atoms with Crippen molar-refractivity contribution >= 4 is 21.9 Å². The summed E-state index contributed by atoms with van der Waals surface area (Å²) in [7, 11) is 1.38. The number of allylic oxidation sites excluding steroid dienone is 4. The van der Waals surface area contributed by atoms with Gasteiger partial charge in [0.05, 0.1) is 26.4 Å². The fourth-order valence-corrected chi connectivity index (χ4v) is 1.82. The Morgan fingerprint density at radius 1 is 1.41 bits per heavy atom. The fourth-order valence-electron chi connectivity index (χ4n) is 1.09. The van der Waals surface area contributed by atoms with E-state index in [9.17, 15) is 4.79 Å². The maximum Gasteiger partial charge on any atom is 0.310 e. The molecule has 0 N–H and O–H groups in total. The minimum atomic E-state index is -0.255. The molecule has 96 valence electrons. The zero-order valence-corrected chi connectivity index (χ0v) is 12.3. The van der Waals surface area contributed by atoms with E-state index in [1.807, 2.05) is 32.9 Å². The van der Waals surface area contributed by atoms with Gasteiger partial charge in [0.15, 0.2) is 0 Å². The lowest BCUT2D eigenvalue weighted by molar-refractivity contribution is -0.139. The predicted molar refractivity (Wildman–Crippen MR) is 72.8 cm³/mol. The summed E-state index contributed by atoms with van der Waals surface area (Å²) >= 11 is 3.44. The molecule has 0 rings (SSSR count). The van der Waals surface area contributed by atoms with E-state index in [1.165, 1.54) is 7.11 Å². The Labute approximate surface area is 111 Å². The van der Waals surface area contributed by atoms with Crippen LogP contribution in [-0.4, -0.2) is 19.7 Å². The summed E-state index contributed by atoms with van der Waals surface area (Å²) < 4.78 is 10.7. The Morgan fingerprint density at radius 2 is 2.06 bits per heavy atom. The molecule has 3 nitrogen and oxygen atoms in total. The minimum absolute atomic E-state index is 0.255. The number of rotatable bonds is 6. The second-order valence-electron chi connectivity index (χ2n) is 3.38. The van der Waals surface area contributed by atoms with E-state index in [2.05, 4.69) is 20.7 Å². The van der Waals surface area contributed by atoms with Gasteiger partial charge in [-0.1, -0.05) is 22.0 Å². The maximum absolute atomic E-state index is 11.2. The van der Waals surface area contributed by atoms with Crippen molar-refractivity contribution in [1.82, 2.24) is 0 Å². The van der Waals surface area contributed by atoms with Crippen LogP contribution in [-0.2, 0) is 14.3 Å². The maximum atomic E-state index is 11.2. The number of carbonyl (C=O) groups excluding carboxylic acids is 1. The number of esters is 1. The molecule has 0 aliphatic carbocycles. The van der Waals surface area contributed by atoms with E-state index in [0.717, 1.165) is 15.6 Å². The number of carbonyl (C=O) groups is 1. The molecule has 0 amide bonds. The molecule has 0 radical (unpaired) electrons.